The summed E-state index contributed by atoms with van der Waals surface area (Å²) in [4.78, 5) is 0. The summed E-state index contributed by atoms with van der Waals surface area (Å²) in [6, 6.07) is 0. The van der Waals surface area contributed by atoms with Crippen molar-refractivity contribution in [1.29, 1.82) is 0 Å². The van der Waals surface area contributed by atoms with Crippen LogP contribution in [0, 0.1) is 23.7 Å². The molecule has 0 saturated heterocycles. The molecule has 0 unspecified atom stereocenters. The molecule has 0 heterocycles. The van der Waals surface area contributed by atoms with Crippen molar-refractivity contribution in [3.05, 3.63) is 35.5 Å². The normalized spacial score (nSPS) is 30.1. The van der Waals surface area contributed by atoms with Crippen LogP contribution in [0.2, 0.25) is 0 Å². The highest BCUT2D eigenvalue weighted by atomic mass is 19.2. The predicted octanol–water partition coefficient (Wildman–Crippen LogP) is 8.61. The second-order valence-electron chi connectivity index (χ2n) is 9.24. The third kappa shape index (κ3) is 5.12. The first kappa shape index (κ1) is 20.8. The molecule has 27 heavy (non-hydrogen) atoms. The summed E-state index contributed by atoms with van der Waals surface area (Å²) in [6.45, 7) is 5.84. The molecule has 152 valence electrons. The molecule has 0 spiro atoms. The molecule has 2 heteroatoms. The maximum absolute atomic E-state index is 15.0. The lowest BCUT2D eigenvalue weighted by Gasteiger charge is -2.36. The van der Waals surface area contributed by atoms with Crippen LogP contribution in [-0.4, -0.2) is 0 Å². The van der Waals surface area contributed by atoms with Crippen molar-refractivity contribution in [2.75, 3.05) is 0 Å². The molecule has 3 fully saturated rings. The van der Waals surface area contributed by atoms with Gasteiger partial charge in [0.1, 0.15) is 0 Å². The fourth-order valence-corrected chi connectivity index (χ4v) is 5.95. The van der Waals surface area contributed by atoms with Crippen LogP contribution in [0.4, 0.5) is 8.78 Å². The molecule has 0 aromatic heterocycles. The highest BCUT2D eigenvalue weighted by Gasteiger charge is 2.32. The van der Waals surface area contributed by atoms with Crippen LogP contribution in [0.3, 0.4) is 0 Å². The number of rotatable bonds is 5. The molecule has 0 aromatic carbocycles. The van der Waals surface area contributed by atoms with Gasteiger partial charge in [-0.15, -0.1) is 0 Å². The SMILES string of the molecule is C=C(/C(F)=C(F)\C(=C/C)C1CCCCC1)C1CCC(C2CCCCC2)CC1. The van der Waals surface area contributed by atoms with Gasteiger partial charge in [0.15, 0.2) is 11.7 Å². The number of hydrogen-bond donors (Lipinski definition) is 0. The van der Waals surface area contributed by atoms with E-state index in [9.17, 15) is 8.78 Å². The van der Waals surface area contributed by atoms with Crippen molar-refractivity contribution >= 4 is 0 Å². The van der Waals surface area contributed by atoms with Crippen molar-refractivity contribution in [2.24, 2.45) is 23.7 Å². The lowest BCUT2D eigenvalue weighted by atomic mass is 9.69. The van der Waals surface area contributed by atoms with Crippen molar-refractivity contribution in [3.8, 4) is 0 Å². The number of allylic oxidation sites excluding steroid dienone is 5. The highest BCUT2D eigenvalue weighted by Crippen LogP contribution is 2.44. The van der Waals surface area contributed by atoms with Gasteiger partial charge in [-0.25, -0.2) is 8.78 Å². The molecule has 0 atom stereocenters. The summed E-state index contributed by atoms with van der Waals surface area (Å²) in [5, 5.41) is 0. The minimum Gasteiger partial charge on any atom is -0.203 e. The van der Waals surface area contributed by atoms with E-state index in [-0.39, 0.29) is 11.8 Å². The van der Waals surface area contributed by atoms with Crippen molar-refractivity contribution in [3.63, 3.8) is 0 Å². The molecule has 0 N–H and O–H groups in total. The van der Waals surface area contributed by atoms with Crippen molar-refractivity contribution in [1.82, 2.24) is 0 Å². The fourth-order valence-electron chi connectivity index (χ4n) is 5.95. The van der Waals surface area contributed by atoms with Gasteiger partial charge in [0.25, 0.3) is 0 Å². The molecule has 0 amide bonds. The van der Waals surface area contributed by atoms with E-state index in [0.29, 0.717) is 11.1 Å². The van der Waals surface area contributed by atoms with Crippen LogP contribution in [0.5, 0.6) is 0 Å². The minimum atomic E-state index is -0.658. The third-order valence-electron chi connectivity index (χ3n) is 7.67. The molecule has 3 aliphatic carbocycles. The van der Waals surface area contributed by atoms with Crippen molar-refractivity contribution < 1.29 is 8.78 Å². The van der Waals surface area contributed by atoms with E-state index >= 15 is 0 Å². The topological polar surface area (TPSA) is 0 Å². The Balaban J connectivity index is 1.59. The smallest absolute Gasteiger partial charge is 0.162 e. The largest absolute Gasteiger partial charge is 0.203 e. The van der Waals surface area contributed by atoms with E-state index in [1.54, 1.807) is 6.08 Å². The molecule has 0 aromatic rings. The van der Waals surface area contributed by atoms with Crippen LogP contribution < -0.4 is 0 Å². The fraction of sp³-hybridized carbons (Fsp3) is 0.760. The van der Waals surface area contributed by atoms with Gasteiger partial charge in [-0.1, -0.05) is 64.0 Å². The lowest BCUT2D eigenvalue weighted by Crippen LogP contribution is -2.24. The standard InChI is InChI=1S/C25H38F2/c1-3-23(22-12-8-5-9-13-22)25(27)24(26)18(2)19-14-16-21(17-15-19)20-10-6-4-7-11-20/h3,19-22H,2,4-17H2,1H3/b23-3-,25-24-. The molecular weight excluding hydrogens is 338 g/mol. The van der Waals surface area contributed by atoms with E-state index in [4.69, 9.17) is 0 Å². The van der Waals surface area contributed by atoms with Crippen LogP contribution in [0.1, 0.15) is 96.8 Å². The maximum atomic E-state index is 15.0. The summed E-state index contributed by atoms with van der Waals surface area (Å²) in [5.41, 5.74) is 1.01. The van der Waals surface area contributed by atoms with E-state index in [1.165, 1.54) is 51.4 Å². The van der Waals surface area contributed by atoms with Gasteiger partial charge in [0.2, 0.25) is 0 Å². The summed E-state index contributed by atoms with van der Waals surface area (Å²) in [5.74, 6) is 0.716. The second kappa shape index (κ2) is 10.0. The summed E-state index contributed by atoms with van der Waals surface area (Å²) in [6.07, 6.45) is 18.5. The predicted molar refractivity (Wildman–Crippen MR) is 111 cm³/mol. The van der Waals surface area contributed by atoms with Crippen LogP contribution in [0.25, 0.3) is 0 Å². The first-order valence-corrected chi connectivity index (χ1v) is 11.5. The Hall–Kier alpha value is -0.920. The summed E-state index contributed by atoms with van der Waals surface area (Å²) < 4.78 is 30.0. The summed E-state index contributed by atoms with van der Waals surface area (Å²) in [7, 11) is 0. The molecule has 0 radical (unpaired) electrons. The summed E-state index contributed by atoms with van der Waals surface area (Å²) >= 11 is 0. The van der Waals surface area contributed by atoms with Gasteiger partial charge in [-0.05, 0) is 80.3 Å². The van der Waals surface area contributed by atoms with Gasteiger partial charge >= 0.3 is 0 Å². The molecule has 3 aliphatic rings. The molecule has 0 bridgehead atoms. The molecule has 0 nitrogen and oxygen atoms in total. The van der Waals surface area contributed by atoms with Crippen LogP contribution in [0.15, 0.2) is 35.5 Å². The van der Waals surface area contributed by atoms with E-state index in [0.717, 1.165) is 50.4 Å². The third-order valence-corrected chi connectivity index (χ3v) is 7.67. The number of halogens is 2. The molecule has 3 rings (SSSR count). The average molecular weight is 377 g/mol. The van der Waals surface area contributed by atoms with E-state index in [1.807, 2.05) is 6.92 Å². The monoisotopic (exact) mass is 376 g/mol. The Morgan fingerprint density at radius 1 is 0.667 bits per heavy atom. The molecular formula is C25H38F2. The van der Waals surface area contributed by atoms with Gasteiger partial charge in [0, 0.05) is 0 Å². The Morgan fingerprint density at radius 2 is 1.19 bits per heavy atom. The first-order valence-electron chi connectivity index (χ1n) is 11.5. The minimum absolute atomic E-state index is 0.125. The van der Waals surface area contributed by atoms with E-state index < -0.39 is 11.7 Å². The van der Waals surface area contributed by atoms with Gasteiger partial charge in [0.05, 0.1) is 0 Å². The van der Waals surface area contributed by atoms with E-state index in [2.05, 4.69) is 6.58 Å². The van der Waals surface area contributed by atoms with Crippen molar-refractivity contribution in [2.45, 2.75) is 96.8 Å². The second-order valence-corrected chi connectivity index (χ2v) is 9.24. The zero-order valence-corrected chi connectivity index (χ0v) is 17.2. The van der Waals surface area contributed by atoms with Gasteiger partial charge in [-0.3, -0.25) is 0 Å². The Labute approximate surface area is 165 Å². The zero-order chi connectivity index (χ0) is 19.2. The van der Waals surface area contributed by atoms with Crippen LogP contribution >= 0.6 is 0 Å². The molecule has 0 aliphatic heterocycles. The number of hydrogen-bond acceptors (Lipinski definition) is 0. The Kier molecular flexibility index (Phi) is 7.73. The average Bonchev–Trinajstić information content (AvgIpc) is 2.74. The molecule has 3 saturated carbocycles. The van der Waals surface area contributed by atoms with Gasteiger partial charge in [-0.2, -0.15) is 0 Å². The quantitative estimate of drug-likeness (QED) is 0.421. The lowest BCUT2D eigenvalue weighted by molar-refractivity contribution is 0.176. The first-order chi connectivity index (χ1) is 13.1. The van der Waals surface area contributed by atoms with Crippen LogP contribution in [-0.2, 0) is 0 Å². The maximum Gasteiger partial charge on any atom is 0.162 e. The highest BCUT2D eigenvalue weighted by molar-refractivity contribution is 5.38. The Bertz CT molecular complexity index is 551. The Morgan fingerprint density at radius 3 is 1.74 bits per heavy atom. The van der Waals surface area contributed by atoms with Gasteiger partial charge < -0.3 is 0 Å². The zero-order valence-electron chi connectivity index (χ0n) is 17.2.